The highest BCUT2D eigenvalue weighted by atomic mass is 32.2. The van der Waals surface area contributed by atoms with Gasteiger partial charge in [0.1, 0.15) is 16.6 Å². The molecule has 1 aliphatic heterocycles. The number of nitrogens with two attached hydrogens (primary N) is 1. The summed E-state index contributed by atoms with van der Waals surface area (Å²) in [6.07, 6.45) is 0.0629. The molecule has 8 nitrogen and oxygen atoms in total. The lowest BCUT2D eigenvalue weighted by Gasteiger charge is -2.32. The molecular weight excluding hydrogens is 646 g/mol. The van der Waals surface area contributed by atoms with Gasteiger partial charge in [0.15, 0.2) is 6.61 Å². The number of carboxylic acids is 1. The van der Waals surface area contributed by atoms with Crippen LogP contribution in [0.2, 0.25) is 0 Å². The van der Waals surface area contributed by atoms with Crippen molar-refractivity contribution in [2.45, 2.75) is 29.6 Å². The molecule has 0 aliphatic carbocycles. The van der Waals surface area contributed by atoms with Crippen molar-refractivity contribution >= 4 is 52.1 Å². The van der Waals surface area contributed by atoms with E-state index in [9.17, 15) is 18.0 Å². The van der Waals surface area contributed by atoms with Crippen LogP contribution in [0.5, 0.6) is 5.75 Å². The smallest absolute Gasteiger partial charge is 0.484 e. The van der Waals surface area contributed by atoms with Crippen LogP contribution >= 0.6 is 34.4 Å². The van der Waals surface area contributed by atoms with Crippen LogP contribution in [-0.4, -0.2) is 64.8 Å². The summed E-state index contributed by atoms with van der Waals surface area (Å²) in [6, 6.07) is 20.3. The molecule has 0 unspecified atom stereocenters. The Labute approximate surface area is 270 Å². The molecule has 238 valence electrons. The van der Waals surface area contributed by atoms with E-state index in [2.05, 4.69) is 24.3 Å². The first kappa shape index (κ1) is 34.0. The highest BCUT2D eigenvalue weighted by Crippen LogP contribution is 2.40. The van der Waals surface area contributed by atoms with Crippen molar-refractivity contribution < 1.29 is 32.6 Å². The SMILES string of the molecule is CSc1sc(C(=N)N)cc1-c1nc(-c2cccc(OCC(=O)N3CCC(Cc4ccccc4)CC3)c2)cs1.O=C(O)C(F)(F)F. The summed E-state index contributed by atoms with van der Waals surface area (Å²) in [7, 11) is 0. The number of carbonyl (C=O) groups excluding carboxylic acids is 1. The Balaban J connectivity index is 0.000000591. The number of carbonyl (C=O) groups is 2. The third-order valence-electron chi connectivity index (χ3n) is 6.95. The van der Waals surface area contributed by atoms with Crippen molar-refractivity contribution in [3.63, 3.8) is 0 Å². The van der Waals surface area contributed by atoms with E-state index in [0.717, 1.165) is 63.3 Å². The number of benzene rings is 2. The molecule has 14 heteroatoms. The van der Waals surface area contributed by atoms with Gasteiger partial charge in [-0.1, -0.05) is 42.5 Å². The van der Waals surface area contributed by atoms with Gasteiger partial charge in [0.25, 0.3) is 5.91 Å². The molecular formula is C31H31F3N4O4S3. The Bertz CT molecular complexity index is 1620. The average Bonchev–Trinajstić information content (AvgIpc) is 3.69. The number of amidine groups is 1. The number of thioether (sulfide) groups is 1. The second kappa shape index (κ2) is 15.4. The van der Waals surface area contributed by atoms with Gasteiger partial charge in [-0.25, -0.2) is 9.78 Å². The molecule has 0 bridgehead atoms. The Morgan fingerprint density at radius 2 is 1.82 bits per heavy atom. The topological polar surface area (TPSA) is 130 Å². The van der Waals surface area contributed by atoms with Crippen molar-refractivity contribution in [3.05, 3.63) is 76.5 Å². The van der Waals surface area contributed by atoms with E-state index in [1.54, 1.807) is 23.1 Å². The number of likely N-dealkylation sites (tertiary alicyclic amines) is 1. The number of hydrogen-bond acceptors (Lipinski definition) is 8. The van der Waals surface area contributed by atoms with Crippen LogP contribution in [0, 0.1) is 11.3 Å². The van der Waals surface area contributed by atoms with Crippen LogP contribution in [0.1, 0.15) is 23.3 Å². The van der Waals surface area contributed by atoms with Crippen molar-refractivity contribution in [1.82, 2.24) is 9.88 Å². The Kier molecular flexibility index (Phi) is 11.6. The largest absolute Gasteiger partial charge is 0.490 e. The zero-order valence-corrected chi connectivity index (χ0v) is 26.6. The second-order valence-electron chi connectivity index (χ2n) is 10.1. The molecule has 0 spiro atoms. The van der Waals surface area contributed by atoms with E-state index in [-0.39, 0.29) is 18.3 Å². The number of piperidine rings is 1. The standard InChI is InChI=1S/C29H30N4O2S3.C2HF3O2/c1-36-29-23(16-25(38-29)27(30)31)28-32-24(18-37-28)21-8-5-9-22(15-21)35-17-26(34)33-12-10-20(11-13-33)14-19-6-3-2-4-7-19;3-2(4,5)1(6)7/h2-9,15-16,18,20H,10-14,17H2,1H3,(H3,30,31);(H,6,7). The van der Waals surface area contributed by atoms with Crippen LogP contribution in [0.25, 0.3) is 21.8 Å². The lowest BCUT2D eigenvalue weighted by atomic mass is 9.90. The van der Waals surface area contributed by atoms with Crippen molar-refractivity contribution in [3.8, 4) is 27.6 Å². The highest BCUT2D eigenvalue weighted by molar-refractivity contribution is 8.00. The number of alkyl halides is 3. The van der Waals surface area contributed by atoms with E-state index in [1.807, 2.05) is 52.9 Å². The van der Waals surface area contributed by atoms with Gasteiger partial charge in [0, 0.05) is 29.6 Å². The minimum absolute atomic E-state index is 0.0350. The van der Waals surface area contributed by atoms with Gasteiger partial charge in [-0.3, -0.25) is 10.2 Å². The van der Waals surface area contributed by atoms with E-state index in [4.69, 9.17) is 30.8 Å². The number of carboxylic acid groups (broad SMARTS) is 1. The molecule has 0 atom stereocenters. The van der Waals surface area contributed by atoms with Crippen molar-refractivity contribution in [1.29, 1.82) is 5.41 Å². The van der Waals surface area contributed by atoms with Gasteiger partial charge in [0.05, 0.1) is 14.8 Å². The van der Waals surface area contributed by atoms with Crippen molar-refractivity contribution in [2.24, 2.45) is 11.7 Å². The van der Waals surface area contributed by atoms with Crippen LogP contribution in [-0.2, 0) is 16.0 Å². The Hall–Kier alpha value is -3.88. The molecule has 4 aromatic rings. The van der Waals surface area contributed by atoms with Gasteiger partial charge >= 0.3 is 12.1 Å². The molecule has 2 aromatic heterocycles. The van der Waals surface area contributed by atoms with E-state index < -0.39 is 12.1 Å². The average molecular weight is 677 g/mol. The minimum atomic E-state index is -5.08. The molecule has 3 heterocycles. The number of amides is 1. The number of aromatic nitrogens is 1. The van der Waals surface area contributed by atoms with Gasteiger partial charge in [0.2, 0.25) is 0 Å². The van der Waals surface area contributed by atoms with E-state index >= 15 is 0 Å². The number of halogens is 3. The lowest BCUT2D eigenvalue weighted by Crippen LogP contribution is -2.41. The summed E-state index contributed by atoms with van der Waals surface area (Å²) in [5.41, 5.74) is 9.87. The van der Waals surface area contributed by atoms with E-state index in [1.165, 1.54) is 16.9 Å². The van der Waals surface area contributed by atoms with Gasteiger partial charge in [-0.15, -0.1) is 34.4 Å². The number of thiophene rings is 1. The molecule has 1 fully saturated rings. The predicted octanol–water partition coefficient (Wildman–Crippen LogP) is 7.04. The normalized spacial score (nSPS) is 13.6. The van der Waals surface area contributed by atoms with Gasteiger partial charge < -0.3 is 20.5 Å². The number of nitrogens with one attached hydrogen (secondary N) is 1. The molecule has 1 amide bonds. The molecule has 0 saturated carbocycles. The van der Waals surface area contributed by atoms with E-state index in [0.29, 0.717) is 11.7 Å². The highest BCUT2D eigenvalue weighted by Gasteiger charge is 2.38. The molecule has 0 radical (unpaired) electrons. The van der Waals surface area contributed by atoms with Crippen LogP contribution in [0.3, 0.4) is 0 Å². The van der Waals surface area contributed by atoms with Gasteiger partial charge in [-0.2, -0.15) is 13.2 Å². The van der Waals surface area contributed by atoms with Crippen LogP contribution < -0.4 is 10.5 Å². The first-order valence-electron chi connectivity index (χ1n) is 13.8. The number of aliphatic carboxylic acids is 1. The Morgan fingerprint density at radius 1 is 1.13 bits per heavy atom. The number of thiazole rings is 1. The zero-order valence-electron chi connectivity index (χ0n) is 24.2. The number of rotatable bonds is 9. The van der Waals surface area contributed by atoms with Gasteiger partial charge in [-0.05, 0) is 55.2 Å². The Morgan fingerprint density at radius 3 is 2.44 bits per heavy atom. The maximum absolute atomic E-state index is 12.8. The van der Waals surface area contributed by atoms with Crippen LogP contribution in [0.15, 0.2) is 70.3 Å². The summed E-state index contributed by atoms with van der Waals surface area (Å²) in [5, 5.41) is 17.8. The quantitative estimate of drug-likeness (QED) is 0.0986. The fourth-order valence-electron chi connectivity index (χ4n) is 4.65. The molecule has 4 N–H and O–H groups in total. The zero-order chi connectivity index (χ0) is 32.6. The number of hydrogen-bond donors (Lipinski definition) is 3. The van der Waals surface area contributed by atoms with Crippen LogP contribution in [0.4, 0.5) is 13.2 Å². The molecule has 2 aromatic carbocycles. The predicted molar refractivity (Wildman–Crippen MR) is 172 cm³/mol. The summed E-state index contributed by atoms with van der Waals surface area (Å²) in [6.45, 7) is 1.61. The summed E-state index contributed by atoms with van der Waals surface area (Å²) < 4.78 is 38.7. The molecule has 1 aliphatic rings. The number of nitrogen functional groups attached to an aromatic ring is 1. The molecule has 1 saturated heterocycles. The van der Waals surface area contributed by atoms with Crippen molar-refractivity contribution in [2.75, 3.05) is 26.0 Å². The summed E-state index contributed by atoms with van der Waals surface area (Å²) >= 11 is 4.71. The maximum atomic E-state index is 12.8. The fraction of sp³-hybridized carbons (Fsp3) is 0.290. The number of nitrogens with zero attached hydrogens (tertiary/aromatic N) is 2. The first-order chi connectivity index (χ1) is 21.4. The summed E-state index contributed by atoms with van der Waals surface area (Å²) in [4.78, 5) is 29.3. The monoisotopic (exact) mass is 676 g/mol. The molecule has 45 heavy (non-hydrogen) atoms. The first-order valence-corrected chi connectivity index (χ1v) is 16.7. The third-order valence-corrected chi connectivity index (χ3v) is 10.1. The third kappa shape index (κ3) is 9.55. The minimum Gasteiger partial charge on any atom is -0.484 e. The fourth-order valence-corrected chi connectivity index (χ4v) is 7.36. The molecule has 5 rings (SSSR count). The maximum Gasteiger partial charge on any atom is 0.490 e. The lowest BCUT2D eigenvalue weighted by molar-refractivity contribution is -0.192. The summed E-state index contributed by atoms with van der Waals surface area (Å²) in [5.74, 6) is -1.37. The number of ether oxygens (including phenoxy) is 1. The second-order valence-corrected chi connectivity index (χ2v) is 13.1.